The number of urea groups is 1. The van der Waals surface area contributed by atoms with Crippen molar-refractivity contribution in [3.05, 3.63) is 59.7 Å². The third-order valence-electron chi connectivity index (χ3n) is 8.22. The number of aliphatic carboxylic acids is 1. The van der Waals surface area contributed by atoms with E-state index in [1.807, 2.05) is 9.80 Å². The minimum absolute atomic E-state index is 0.00145. The second-order valence-corrected chi connectivity index (χ2v) is 12.5. The lowest BCUT2D eigenvalue weighted by Gasteiger charge is -2.38. The third-order valence-corrected chi connectivity index (χ3v) is 10.1. The van der Waals surface area contributed by atoms with Gasteiger partial charge in [0.1, 0.15) is 6.54 Å². The van der Waals surface area contributed by atoms with Gasteiger partial charge in [0.05, 0.1) is 4.90 Å². The summed E-state index contributed by atoms with van der Waals surface area (Å²) in [6.07, 6.45) is 4.31. The quantitative estimate of drug-likeness (QED) is 0.579. The number of rotatable bonds is 7. The maximum Gasteiger partial charge on any atom is 0.324 e. The molecule has 2 aromatic rings. The van der Waals surface area contributed by atoms with Crippen LogP contribution in [0.5, 0.6) is 0 Å². The Morgan fingerprint density at radius 3 is 2.32 bits per heavy atom. The van der Waals surface area contributed by atoms with E-state index in [1.54, 1.807) is 18.2 Å². The number of fused-ring (bicyclic) bond motifs is 1. The van der Waals surface area contributed by atoms with Crippen molar-refractivity contribution in [1.82, 2.24) is 14.1 Å². The van der Waals surface area contributed by atoms with E-state index in [4.69, 9.17) is 0 Å². The zero-order valence-electron chi connectivity index (χ0n) is 21.8. The molecule has 0 radical (unpaired) electrons. The summed E-state index contributed by atoms with van der Waals surface area (Å²) in [6, 6.07) is 14.0. The van der Waals surface area contributed by atoms with Crippen LogP contribution in [0, 0.1) is 0 Å². The van der Waals surface area contributed by atoms with Crippen LogP contribution in [0.25, 0.3) is 0 Å². The molecular weight excluding hydrogens is 504 g/mol. The van der Waals surface area contributed by atoms with Crippen molar-refractivity contribution >= 4 is 27.7 Å². The van der Waals surface area contributed by atoms with Gasteiger partial charge in [-0.05, 0) is 81.0 Å². The van der Waals surface area contributed by atoms with Crippen LogP contribution in [-0.2, 0) is 27.7 Å². The molecule has 38 heavy (non-hydrogen) atoms. The van der Waals surface area contributed by atoms with Crippen molar-refractivity contribution in [3.63, 3.8) is 0 Å². The molecule has 1 aliphatic carbocycles. The number of benzene rings is 2. The van der Waals surface area contributed by atoms with Crippen molar-refractivity contribution in [2.45, 2.75) is 55.5 Å². The van der Waals surface area contributed by atoms with Crippen molar-refractivity contribution in [1.29, 1.82) is 0 Å². The first-order valence-electron chi connectivity index (χ1n) is 13.4. The van der Waals surface area contributed by atoms with E-state index in [0.717, 1.165) is 35.9 Å². The summed E-state index contributed by atoms with van der Waals surface area (Å²) in [4.78, 5) is 31.2. The predicted molar refractivity (Wildman–Crippen MR) is 145 cm³/mol. The Bertz CT molecular complexity index is 1280. The van der Waals surface area contributed by atoms with Crippen LogP contribution in [0.3, 0.4) is 0 Å². The predicted octanol–water partition coefficient (Wildman–Crippen LogP) is 3.05. The Labute approximate surface area is 224 Å². The van der Waals surface area contributed by atoms with E-state index in [2.05, 4.69) is 30.1 Å². The second-order valence-electron chi connectivity index (χ2n) is 10.6. The Hall–Kier alpha value is -2.95. The van der Waals surface area contributed by atoms with Crippen LogP contribution in [-0.4, -0.2) is 91.5 Å². The number of hydrogen-bond acceptors (Lipinski definition) is 5. The van der Waals surface area contributed by atoms with Crippen LogP contribution in [0.15, 0.2) is 53.4 Å². The smallest absolute Gasteiger partial charge is 0.324 e. The first kappa shape index (κ1) is 26.6. The number of sulfonamides is 1. The summed E-state index contributed by atoms with van der Waals surface area (Å²) < 4.78 is 27.7. The lowest BCUT2D eigenvalue weighted by atomic mass is 9.90. The summed E-state index contributed by atoms with van der Waals surface area (Å²) in [5.74, 6) is -1.18. The average Bonchev–Trinajstić information content (AvgIpc) is 3.20. The molecule has 1 saturated heterocycles. The molecule has 2 fully saturated rings. The van der Waals surface area contributed by atoms with E-state index in [1.165, 1.54) is 23.3 Å². The number of carboxylic acids is 1. The first-order chi connectivity index (χ1) is 18.2. The van der Waals surface area contributed by atoms with E-state index < -0.39 is 28.6 Å². The lowest BCUT2D eigenvalue weighted by Crippen LogP contribution is -2.48. The lowest BCUT2D eigenvalue weighted by molar-refractivity contribution is -0.137. The highest BCUT2D eigenvalue weighted by Gasteiger charge is 2.40. The van der Waals surface area contributed by atoms with Crippen LogP contribution >= 0.6 is 0 Å². The molecule has 0 spiro atoms. The SMILES string of the molecule is CN1CCc2ccc(N3CCN([C@H]4CC[C@H](N(CC(=O)O)S(=O)(=O)c5ccccc5)CC4)C3=O)cc2CC1. The highest BCUT2D eigenvalue weighted by molar-refractivity contribution is 7.89. The number of nitrogens with zero attached hydrogens (tertiary/aromatic N) is 4. The molecule has 0 bridgehead atoms. The molecule has 3 aliphatic rings. The maximum atomic E-state index is 13.5. The van der Waals surface area contributed by atoms with Crippen LogP contribution < -0.4 is 4.90 Å². The fourth-order valence-electron chi connectivity index (χ4n) is 6.05. The van der Waals surface area contributed by atoms with Gasteiger partial charge in [0.15, 0.2) is 0 Å². The Kier molecular flexibility index (Phi) is 7.74. The largest absolute Gasteiger partial charge is 0.480 e. The van der Waals surface area contributed by atoms with E-state index in [0.29, 0.717) is 38.8 Å². The molecule has 5 rings (SSSR count). The topological polar surface area (TPSA) is 101 Å². The highest BCUT2D eigenvalue weighted by atomic mass is 32.2. The van der Waals surface area contributed by atoms with Gasteiger partial charge >= 0.3 is 12.0 Å². The number of likely N-dealkylation sites (N-methyl/N-ethyl adjacent to an activating group) is 1. The average molecular weight is 541 g/mol. The molecule has 0 aromatic heterocycles. The fourth-order valence-corrected chi connectivity index (χ4v) is 7.71. The summed E-state index contributed by atoms with van der Waals surface area (Å²) >= 11 is 0. The van der Waals surface area contributed by atoms with Gasteiger partial charge in [0, 0.05) is 44.0 Å². The first-order valence-corrected chi connectivity index (χ1v) is 14.8. The Morgan fingerprint density at radius 1 is 0.947 bits per heavy atom. The summed E-state index contributed by atoms with van der Waals surface area (Å²) in [5.41, 5.74) is 3.61. The molecule has 0 atom stereocenters. The number of carboxylic acid groups (broad SMARTS) is 1. The number of anilines is 1. The Morgan fingerprint density at radius 2 is 1.63 bits per heavy atom. The Balaban J connectivity index is 1.25. The zero-order valence-corrected chi connectivity index (χ0v) is 22.6. The van der Waals surface area contributed by atoms with Crippen molar-refractivity contribution in [3.8, 4) is 0 Å². The molecule has 204 valence electrons. The van der Waals surface area contributed by atoms with Crippen LogP contribution in [0.1, 0.15) is 36.8 Å². The van der Waals surface area contributed by atoms with Crippen molar-refractivity contribution in [2.24, 2.45) is 0 Å². The summed E-state index contributed by atoms with van der Waals surface area (Å²) in [6.45, 7) is 2.75. The second kappa shape index (κ2) is 11.0. The number of carbonyl (C=O) groups is 2. The molecule has 2 aliphatic heterocycles. The van der Waals surface area contributed by atoms with Crippen LogP contribution in [0.4, 0.5) is 10.5 Å². The monoisotopic (exact) mass is 540 g/mol. The van der Waals surface area contributed by atoms with Crippen LogP contribution in [0.2, 0.25) is 0 Å². The van der Waals surface area contributed by atoms with E-state index in [-0.39, 0.29) is 17.0 Å². The van der Waals surface area contributed by atoms with Gasteiger partial charge in [-0.25, -0.2) is 13.2 Å². The highest BCUT2D eigenvalue weighted by Crippen LogP contribution is 2.33. The van der Waals surface area contributed by atoms with Gasteiger partial charge < -0.3 is 14.9 Å². The van der Waals surface area contributed by atoms with Gasteiger partial charge in [-0.3, -0.25) is 9.69 Å². The van der Waals surface area contributed by atoms with Gasteiger partial charge in [0.2, 0.25) is 10.0 Å². The number of amides is 2. The van der Waals surface area contributed by atoms with Gasteiger partial charge in [-0.15, -0.1) is 0 Å². The zero-order chi connectivity index (χ0) is 26.9. The number of hydrogen-bond donors (Lipinski definition) is 1. The molecule has 1 saturated carbocycles. The minimum Gasteiger partial charge on any atom is -0.480 e. The molecule has 9 nitrogen and oxygen atoms in total. The third kappa shape index (κ3) is 5.43. The van der Waals surface area contributed by atoms with Crippen molar-refractivity contribution < 1.29 is 23.1 Å². The van der Waals surface area contributed by atoms with E-state index >= 15 is 0 Å². The van der Waals surface area contributed by atoms with Crippen molar-refractivity contribution in [2.75, 3.05) is 44.7 Å². The summed E-state index contributed by atoms with van der Waals surface area (Å²) in [5, 5.41) is 9.46. The van der Waals surface area contributed by atoms with Gasteiger partial charge in [-0.1, -0.05) is 24.3 Å². The molecule has 0 unspecified atom stereocenters. The maximum absolute atomic E-state index is 13.5. The molecule has 2 amide bonds. The van der Waals surface area contributed by atoms with E-state index in [9.17, 15) is 23.1 Å². The molecule has 10 heteroatoms. The normalized spacial score (nSPS) is 22.9. The van der Waals surface area contributed by atoms with Gasteiger partial charge in [-0.2, -0.15) is 4.31 Å². The number of carbonyl (C=O) groups excluding carboxylic acids is 1. The summed E-state index contributed by atoms with van der Waals surface area (Å²) in [7, 11) is -1.80. The molecule has 1 N–H and O–H groups in total. The van der Waals surface area contributed by atoms with Gasteiger partial charge in [0.25, 0.3) is 0 Å². The standard InChI is InChI=1S/C28H36N4O5S/c1-29-15-13-21-7-8-25(19-22(21)14-16-29)31-18-17-30(28(31)35)23-9-11-24(12-10-23)32(20-27(33)34)38(36,37)26-5-3-2-4-6-26/h2-8,19,23-24H,9-18,20H2,1H3,(H,33,34)/t23-,24-. The molecular formula is C28H36N4O5S. The minimum atomic E-state index is -3.94. The fraction of sp³-hybridized carbons (Fsp3) is 0.500. The molecule has 2 heterocycles. The molecule has 2 aromatic carbocycles.